The van der Waals surface area contributed by atoms with Crippen LogP contribution >= 0.6 is 23.2 Å². The highest BCUT2D eigenvalue weighted by Gasteiger charge is 2.16. The fourth-order valence-corrected chi connectivity index (χ4v) is 3.87. The number of nitrogens with zero attached hydrogens (tertiary/aromatic N) is 2. The number of carbonyl (C=O) groups excluding carboxylic acids is 2. The highest BCUT2D eigenvalue weighted by Crippen LogP contribution is 2.27. The minimum absolute atomic E-state index is 0.0443. The first-order valence-electron chi connectivity index (χ1n) is 11.0. The second-order valence-electron chi connectivity index (χ2n) is 7.90. The van der Waals surface area contributed by atoms with E-state index in [2.05, 4.69) is 10.6 Å². The number of non-ortho nitro benzene ring substituents is 2. The third-order valence-corrected chi connectivity index (χ3v) is 5.90. The third kappa shape index (κ3) is 6.66. The fraction of sp³-hybridized carbons (Fsp3) is 0. The van der Waals surface area contributed by atoms with Gasteiger partial charge in [-0.2, -0.15) is 0 Å². The van der Waals surface area contributed by atoms with Crippen LogP contribution in [0.1, 0.15) is 20.7 Å². The molecule has 0 aliphatic rings. The van der Waals surface area contributed by atoms with Gasteiger partial charge in [0.15, 0.2) is 0 Å². The lowest BCUT2D eigenvalue weighted by molar-refractivity contribution is -0.385. The van der Waals surface area contributed by atoms with E-state index in [1.807, 2.05) is 0 Å². The summed E-state index contributed by atoms with van der Waals surface area (Å²) in [4.78, 5) is 45.4. The number of rotatable bonds is 8. The molecule has 0 fully saturated rings. The second-order valence-corrected chi connectivity index (χ2v) is 8.72. The third-order valence-electron chi connectivity index (χ3n) is 5.28. The summed E-state index contributed by atoms with van der Waals surface area (Å²) < 4.78 is 5.78. The van der Waals surface area contributed by atoms with Crippen LogP contribution in [0.15, 0.2) is 84.9 Å². The minimum atomic E-state index is -0.603. The highest BCUT2D eigenvalue weighted by atomic mass is 35.5. The number of benzene rings is 4. The normalized spacial score (nSPS) is 10.4. The number of hydrogen-bond donors (Lipinski definition) is 2. The van der Waals surface area contributed by atoms with Gasteiger partial charge in [-0.25, -0.2) is 0 Å². The minimum Gasteiger partial charge on any atom is -0.457 e. The van der Waals surface area contributed by atoms with E-state index in [0.717, 1.165) is 12.1 Å². The van der Waals surface area contributed by atoms with Crippen LogP contribution in [0.25, 0.3) is 0 Å². The summed E-state index contributed by atoms with van der Waals surface area (Å²) in [5.41, 5.74) is 0.635. The Bertz CT molecular complexity index is 1470. The molecule has 2 amide bonds. The van der Waals surface area contributed by atoms with Crippen LogP contribution in [0.2, 0.25) is 10.0 Å². The maximum absolute atomic E-state index is 12.5. The fourth-order valence-electron chi connectivity index (χ4n) is 3.35. The summed E-state index contributed by atoms with van der Waals surface area (Å²) in [7, 11) is 0. The Hall–Kier alpha value is -5.00. The first kappa shape index (κ1) is 27.0. The summed E-state index contributed by atoms with van der Waals surface area (Å²) in [6.07, 6.45) is 0. The number of carbonyl (C=O) groups is 2. The van der Waals surface area contributed by atoms with Crippen LogP contribution in [-0.2, 0) is 0 Å². The molecule has 0 bridgehead atoms. The van der Waals surface area contributed by atoms with Crippen LogP contribution in [0.4, 0.5) is 22.7 Å². The van der Waals surface area contributed by atoms with Crippen molar-refractivity contribution in [2.75, 3.05) is 10.6 Å². The molecule has 0 aromatic heterocycles. The average Bonchev–Trinajstić information content (AvgIpc) is 2.90. The first-order chi connectivity index (χ1) is 18.6. The van der Waals surface area contributed by atoms with E-state index in [0.29, 0.717) is 22.9 Å². The zero-order valence-corrected chi connectivity index (χ0v) is 21.1. The first-order valence-corrected chi connectivity index (χ1v) is 11.7. The van der Waals surface area contributed by atoms with Crippen LogP contribution in [0.3, 0.4) is 0 Å². The molecule has 0 radical (unpaired) electrons. The molecule has 0 spiro atoms. The molecule has 0 unspecified atom stereocenters. The molecule has 0 heterocycles. The van der Waals surface area contributed by atoms with Crippen molar-refractivity contribution in [3.05, 3.63) is 126 Å². The van der Waals surface area contributed by atoms with Gasteiger partial charge in [0.25, 0.3) is 23.2 Å². The zero-order valence-electron chi connectivity index (χ0n) is 19.6. The van der Waals surface area contributed by atoms with Crippen molar-refractivity contribution in [2.45, 2.75) is 0 Å². The SMILES string of the molecule is O=C(Nc1ccc(Oc2ccc(NC(=O)c3ccc([N+](=O)[O-])cc3Cl)cc2)cc1)c1ccc([N+](=O)[O-])cc1Cl. The largest absolute Gasteiger partial charge is 0.457 e. The van der Waals surface area contributed by atoms with Gasteiger partial charge in [0, 0.05) is 35.6 Å². The number of halogens is 2. The van der Waals surface area contributed by atoms with Crippen molar-refractivity contribution >= 4 is 57.8 Å². The molecule has 0 saturated heterocycles. The predicted molar refractivity (Wildman–Crippen MR) is 145 cm³/mol. The number of ether oxygens (including phenoxy) is 1. The number of amides is 2. The van der Waals surface area contributed by atoms with Gasteiger partial charge < -0.3 is 15.4 Å². The van der Waals surface area contributed by atoms with Crippen LogP contribution < -0.4 is 15.4 Å². The lowest BCUT2D eigenvalue weighted by Crippen LogP contribution is -2.12. The lowest BCUT2D eigenvalue weighted by atomic mass is 10.2. The highest BCUT2D eigenvalue weighted by molar-refractivity contribution is 6.35. The molecule has 0 atom stereocenters. The number of anilines is 2. The molecule has 0 aliphatic carbocycles. The monoisotopic (exact) mass is 566 g/mol. The molecule has 4 aromatic carbocycles. The molecule has 39 heavy (non-hydrogen) atoms. The Morgan fingerprint density at radius 2 is 0.974 bits per heavy atom. The van der Waals surface area contributed by atoms with Gasteiger partial charge in [-0.05, 0) is 60.7 Å². The Morgan fingerprint density at radius 3 is 1.28 bits per heavy atom. The summed E-state index contributed by atoms with van der Waals surface area (Å²) >= 11 is 12.0. The van der Waals surface area contributed by atoms with E-state index < -0.39 is 21.7 Å². The molecule has 13 heteroatoms. The van der Waals surface area contributed by atoms with Crippen LogP contribution in [-0.4, -0.2) is 21.7 Å². The molecular weight excluding hydrogens is 551 g/mol. The van der Waals surface area contributed by atoms with E-state index in [1.165, 1.54) is 24.3 Å². The quantitative estimate of drug-likeness (QED) is 0.170. The molecule has 11 nitrogen and oxygen atoms in total. The number of hydrogen-bond acceptors (Lipinski definition) is 7. The molecule has 2 N–H and O–H groups in total. The Balaban J connectivity index is 1.35. The van der Waals surface area contributed by atoms with Gasteiger partial charge in [0.2, 0.25) is 0 Å². The van der Waals surface area contributed by atoms with Crippen molar-refractivity contribution in [1.29, 1.82) is 0 Å². The standard InChI is InChI=1S/C26H16Cl2N4O7/c27-23-13-17(31(35)36)5-11-21(23)25(33)29-15-1-7-19(8-2-15)39-20-9-3-16(4-10-20)30-26(34)22-12-6-18(32(37)38)14-24(22)28/h1-14H,(H,29,33)(H,30,34). The summed E-state index contributed by atoms with van der Waals surface area (Å²) in [5, 5.41) is 26.9. The van der Waals surface area contributed by atoms with Gasteiger partial charge in [0.05, 0.1) is 31.0 Å². The van der Waals surface area contributed by atoms with Gasteiger partial charge in [-0.1, -0.05) is 23.2 Å². The van der Waals surface area contributed by atoms with Gasteiger partial charge in [-0.3, -0.25) is 29.8 Å². The summed E-state index contributed by atoms with van der Waals surface area (Å²) in [5.74, 6) is -0.126. The summed E-state index contributed by atoms with van der Waals surface area (Å²) in [6, 6.07) is 20.1. The van der Waals surface area contributed by atoms with Crippen molar-refractivity contribution in [3.63, 3.8) is 0 Å². The second kappa shape index (κ2) is 11.6. The lowest BCUT2D eigenvalue weighted by Gasteiger charge is -2.10. The van der Waals surface area contributed by atoms with E-state index in [9.17, 15) is 29.8 Å². The van der Waals surface area contributed by atoms with Gasteiger partial charge in [0.1, 0.15) is 11.5 Å². The molecule has 0 aliphatic heterocycles. The smallest absolute Gasteiger partial charge is 0.270 e. The van der Waals surface area contributed by atoms with Crippen LogP contribution in [0, 0.1) is 20.2 Å². The van der Waals surface area contributed by atoms with Gasteiger partial charge >= 0.3 is 0 Å². The Labute approximate surface area is 230 Å². The Kier molecular flexibility index (Phi) is 8.04. The molecule has 4 rings (SSSR count). The van der Waals surface area contributed by atoms with Crippen molar-refractivity contribution in [3.8, 4) is 11.5 Å². The van der Waals surface area contributed by atoms with Gasteiger partial charge in [-0.15, -0.1) is 0 Å². The molecule has 196 valence electrons. The van der Waals surface area contributed by atoms with Crippen molar-refractivity contribution in [1.82, 2.24) is 0 Å². The molecule has 4 aromatic rings. The predicted octanol–water partition coefficient (Wildman–Crippen LogP) is 7.11. The van der Waals surface area contributed by atoms with E-state index in [4.69, 9.17) is 27.9 Å². The zero-order chi connectivity index (χ0) is 28.1. The maximum Gasteiger partial charge on any atom is 0.270 e. The Morgan fingerprint density at radius 1 is 0.615 bits per heavy atom. The van der Waals surface area contributed by atoms with E-state index in [-0.39, 0.29) is 32.5 Å². The number of nitro benzene ring substituents is 2. The molecule has 0 saturated carbocycles. The summed E-state index contributed by atoms with van der Waals surface area (Å²) in [6.45, 7) is 0. The molecular formula is C26H16Cl2N4O7. The number of nitrogens with one attached hydrogen (secondary N) is 2. The van der Waals surface area contributed by atoms with Crippen molar-refractivity contribution < 1.29 is 24.2 Å². The van der Waals surface area contributed by atoms with E-state index in [1.54, 1.807) is 48.5 Å². The van der Waals surface area contributed by atoms with Crippen LogP contribution in [0.5, 0.6) is 11.5 Å². The van der Waals surface area contributed by atoms with E-state index >= 15 is 0 Å². The topological polar surface area (TPSA) is 154 Å². The number of nitro groups is 2. The van der Waals surface area contributed by atoms with Crippen molar-refractivity contribution in [2.24, 2.45) is 0 Å². The average molecular weight is 567 g/mol. The maximum atomic E-state index is 12.5.